The first-order chi connectivity index (χ1) is 16.3. The highest BCUT2D eigenvalue weighted by atomic mass is 16.2. The van der Waals surface area contributed by atoms with Crippen LogP contribution < -0.4 is 4.90 Å². The van der Waals surface area contributed by atoms with Gasteiger partial charge in [-0.3, -0.25) is 14.7 Å². The third-order valence-electron chi connectivity index (χ3n) is 7.45. The summed E-state index contributed by atoms with van der Waals surface area (Å²) in [6.45, 7) is 2.08. The summed E-state index contributed by atoms with van der Waals surface area (Å²) in [4.78, 5) is 22.6. The van der Waals surface area contributed by atoms with E-state index in [4.69, 9.17) is 0 Å². The van der Waals surface area contributed by atoms with E-state index < -0.39 is 0 Å². The number of aromatic nitrogens is 1. The maximum absolute atomic E-state index is 13.5. The quantitative estimate of drug-likeness (QED) is 0.495. The molecule has 4 nitrogen and oxygen atoms in total. The molecule has 2 aliphatic rings. The van der Waals surface area contributed by atoms with Crippen LogP contribution in [0.25, 0.3) is 0 Å². The van der Waals surface area contributed by atoms with Crippen LogP contribution in [0.1, 0.15) is 60.4 Å². The predicted molar refractivity (Wildman–Crippen MR) is 134 cm³/mol. The number of hydrogen-bond acceptors (Lipinski definition) is 3. The Labute approximate surface area is 197 Å². The lowest BCUT2D eigenvalue weighted by Gasteiger charge is -2.45. The largest absolute Gasteiger partial charge is 0.304 e. The summed E-state index contributed by atoms with van der Waals surface area (Å²) in [6.07, 6.45) is 10.8. The molecule has 2 heterocycles. The Bertz CT molecular complexity index is 1020. The SMILES string of the molecule is O=C(c1ccccc1)N(c1cccnc1)C1CCN([C@@H]2CCCC[C@@H]2c2ccccc2)CC1. The van der Waals surface area contributed by atoms with Gasteiger partial charge in [-0.15, -0.1) is 0 Å². The highest BCUT2D eigenvalue weighted by Crippen LogP contribution is 2.38. The summed E-state index contributed by atoms with van der Waals surface area (Å²) < 4.78 is 0. The molecule has 1 saturated carbocycles. The van der Waals surface area contributed by atoms with Crippen molar-refractivity contribution in [1.82, 2.24) is 9.88 Å². The van der Waals surface area contributed by atoms with Crippen molar-refractivity contribution in [3.05, 3.63) is 96.3 Å². The number of piperidine rings is 1. The molecule has 1 aliphatic heterocycles. The molecule has 2 atom stereocenters. The van der Waals surface area contributed by atoms with Crippen molar-refractivity contribution in [3.8, 4) is 0 Å². The molecule has 0 radical (unpaired) electrons. The number of amides is 1. The van der Waals surface area contributed by atoms with Gasteiger partial charge in [0.2, 0.25) is 0 Å². The van der Waals surface area contributed by atoms with Crippen LogP contribution in [-0.2, 0) is 0 Å². The first-order valence-corrected chi connectivity index (χ1v) is 12.4. The van der Waals surface area contributed by atoms with Gasteiger partial charge in [0.15, 0.2) is 0 Å². The highest BCUT2D eigenvalue weighted by Gasteiger charge is 2.36. The number of anilines is 1. The van der Waals surface area contributed by atoms with Crippen LogP contribution in [0.4, 0.5) is 5.69 Å². The Kier molecular flexibility index (Phi) is 6.82. The van der Waals surface area contributed by atoms with Crippen LogP contribution in [-0.4, -0.2) is 41.0 Å². The van der Waals surface area contributed by atoms with Crippen LogP contribution in [0.15, 0.2) is 85.2 Å². The molecule has 1 aliphatic carbocycles. The molecule has 0 unspecified atom stereocenters. The summed E-state index contributed by atoms with van der Waals surface area (Å²) in [6, 6.07) is 25.4. The van der Waals surface area contributed by atoms with Crippen LogP contribution in [0.3, 0.4) is 0 Å². The zero-order valence-corrected chi connectivity index (χ0v) is 19.2. The number of pyridine rings is 1. The van der Waals surface area contributed by atoms with Crippen molar-refractivity contribution in [2.24, 2.45) is 0 Å². The molecule has 1 saturated heterocycles. The summed E-state index contributed by atoms with van der Waals surface area (Å²) in [5, 5.41) is 0. The predicted octanol–water partition coefficient (Wildman–Crippen LogP) is 5.92. The maximum atomic E-state index is 13.5. The molecule has 1 amide bonds. The van der Waals surface area contributed by atoms with E-state index in [0.29, 0.717) is 12.0 Å². The van der Waals surface area contributed by atoms with Gasteiger partial charge in [0, 0.05) is 36.9 Å². The van der Waals surface area contributed by atoms with E-state index in [1.807, 2.05) is 53.6 Å². The molecule has 33 heavy (non-hydrogen) atoms. The standard InChI is InChI=1S/C29H33N3O/c33-29(24-12-5-2-6-13-24)32(26-14-9-19-30-22-26)25-17-20-31(21-18-25)28-16-8-7-15-27(28)23-10-3-1-4-11-23/h1-6,9-14,19,22,25,27-28H,7-8,15-18,20-21H2/t27-,28-/m1/s1. The van der Waals surface area contributed by atoms with Crippen molar-refractivity contribution in [2.45, 2.75) is 56.5 Å². The second-order valence-electron chi connectivity index (χ2n) is 9.39. The van der Waals surface area contributed by atoms with Gasteiger partial charge >= 0.3 is 0 Å². The molecule has 2 fully saturated rings. The summed E-state index contributed by atoms with van der Waals surface area (Å²) in [7, 11) is 0. The minimum atomic E-state index is 0.0712. The van der Waals surface area contributed by atoms with Crippen LogP contribution in [0.5, 0.6) is 0 Å². The number of likely N-dealkylation sites (tertiary alicyclic amines) is 1. The summed E-state index contributed by atoms with van der Waals surface area (Å²) >= 11 is 0. The monoisotopic (exact) mass is 439 g/mol. The van der Waals surface area contributed by atoms with Gasteiger partial charge in [-0.25, -0.2) is 0 Å². The van der Waals surface area contributed by atoms with E-state index in [1.54, 1.807) is 6.20 Å². The molecule has 2 aromatic carbocycles. The van der Waals surface area contributed by atoms with Gasteiger partial charge < -0.3 is 4.90 Å². The Morgan fingerprint density at radius 3 is 2.21 bits per heavy atom. The molecule has 0 bridgehead atoms. The Hall–Kier alpha value is -2.98. The lowest BCUT2D eigenvalue weighted by atomic mass is 9.78. The summed E-state index contributed by atoms with van der Waals surface area (Å²) in [5.74, 6) is 0.693. The van der Waals surface area contributed by atoms with Gasteiger partial charge in [0.1, 0.15) is 0 Å². The molecular weight excluding hydrogens is 406 g/mol. The second kappa shape index (κ2) is 10.3. The highest BCUT2D eigenvalue weighted by molar-refractivity contribution is 6.06. The van der Waals surface area contributed by atoms with Crippen LogP contribution in [0, 0.1) is 0 Å². The molecule has 0 spiro atoms. The minimum absolute atomic E-state index is 0.0712. The topological polar surface area (TPSA) is 36.4 Å². The average Bonchev–Trinajstić information content (AvgIpc) is 2.91. The lowest BCUT2D eigenvalue weighted by Crippen LogP contribution is -2.51. The Morgan fingerprint density at radius 2 is 1.52 bits per heavy atom. The van der Waals surface area contributed by atoms with Crippen molar-refractivity contribution >= 4 is 11.6 Å². The number of carbonyl (C=O) groups is 1. The number of benzene rings is 2. The van der Waals surface area contributed by atoms with Gasteiger partial charge in [-0.1, -0.05) is 61.4 Å². The molecule has 3 aromatic rings. The average molecular weight is 440 g/mol. The zero-order valence-electron chi connectivity index (χ0n) is 19.2. The molecule has 0 N–H and O–H groups in total. The van der Waals surface area contributed by atoms with Crippen molar-refractivity contribution < 1.29 is 4.79 Å². The maximum Gasteiger partial charge on any atom is 0.258 e. The van der Waals surface area contributed by atoms with E-state index in [1.165, 1.54) is 31.2 Å². The number of nitrogens with zero attached hydrogens (tertiary/aromatic N) is 3. The van der Waals surface area contributed by atoms with Crippen molar-refractivity contribution in [1.29, 1.82) is 0 Å². The first kappa shape index (κ1) is 21.8. The van der Waals surface area contributed by atoms with Gasteiger partial charge in [0.25, 0.3) is 5.91 Å². The molecule has 170 valence electrons. The van der Waals surface area contributed by atoms with Crippen LogP contribution in [0.2, 0.25) is 0 Å². The Balaban J connectivity index is 1.33. The van der Waals surface area contributed by atoms with E-state index in [0.717, 1.165) is 37.2 Å². The molecule has 1 aromatic heterocycles. The third-order valence-corrected chi connectivity index (χ3v) is 7.45. The van der Waals surface area contributed by atoms with E-state index in [-0.39, 0.29) is 11.9 Å². The number of rotatable bonds is 5. The van der Waals surface area contributed by atoms with E-state index in [9.17, 15) is 4.79 Å². The fourth-order valence-electron chi connectivity index (χ4n) is 5.82. The zero-order chi connectivity index (χ0) is 22.5. The lowest BCUT2D eigenvalue weighted by molar-refractivity contribution is 0.0895. The third kappa shape index (κ3) is 4.86. The Morgan fingerprint density at radius 1 is 0.818 bits per heavy atom. The molecule has 4 heteroatoms. The van der Waals surface area contributed by atoms with Gasteiger partial charge in [-0.05, 0) is 61.4 Å². The molecular formula is C29H33N3O. The normalized spacial score (nSPS) is 22.1. The second-order valence-corrected chi connectivity index (χ2v) is 9.39. The van der Waals surface area contributed by atoms with Gasteiger partial charge in [-0.2, -0.15) is 0 Å². The first-order valence-electron chi connectivity index (χ1n) is 12.4. The fourth-order valence-corrected chi connectivity index (χ4v) is 5.82. The van der Waals surface area contributed by atoms with E-state index in [2.05, 4.69) is 40.2 Å². The van der Waals surface area contributed by atoms with Gasteiger partial charge in [0.05, 0.1) is 11.9 Å². The smallest absolute Gasteiger partial charge is 0.258 e. The minimum Gasteiger partial charge on any atom is -0.304 e. The van der Waals surface area contributed by atoms with Crippen molar-refractivity contribution in [2.75, 3.05) is 18.0 Å². The summed E-state index contributed by atoms with van der Waals surface area (Å²) in [5.41, 5.74) is 3.12. The number of hydrogen-bond donors (Lipinski definition) is 0. The fraction of sp³-hybridized carbons (Fsp3) is 0.379. The van der Waals surface area contributed by atoms with Crippen LogP contribution >= 0.6 is 0 Å². The molecule has 5 rings (SSSR count). The number of carbonyl (C=O) groups excluding carboxylic acids is 1. The van der Waals surface area contributed by atoms with E-state index >= 15 is 0 Å². The van der Waals surface area contributed by atoms with Crippen molar-refractivity contribution in [3.63, 3.8) is 0 Å².